The van der Waals surface area contributed by atoms with Gasteiger partial charge in [-0.25, -0.2) is 13.1 Å². The smallest absolute Gasteiger partial charge is 0.209 e. The average molecular weight is 249 g/mol. The normalized spacial score (nSPS) is 12.2. The summed E-state index contributed by atoms with van der Waals surface area (Å²) in [6.07, 6.45) is 0. The van der Waals surface area contributed by atoms with E-state index in [0.29, 0.717) is 4.90 Å². The number of benzene rings is 2. The van der Waals surface area contributed by atoms with Gasteiger partial charge < -0.3 is 0 Å². The Kier molecular flexibility index (Phi) is 3.17. The summed E-state index contributed by atoms with van der Waals surface area (Å²) in [5.74, 6) is 0. The van der Waals surface area contributed by atoms with E-state index in [2.05, 4.69) is 4.72 Å². The van der Waals surface area contributed by atoms with Crippen molar-refractivity contribution in [3.05, 3.63) is 42.5 Å². The summed E-state index contributed by atoms with van der Waals surface area (Å²) in [5, 5.41) is 1.97. The largest absolute Gasteiger partial charge is 0.240 e. The summed E-state index contributed by atoms with van der Waals surface area (Å²) in [6, 6.07) is 12.7. The van der Waals surface area contributed by atoms with E-state index in [1.807, 2.05) is 30.3 Å². The lowest BCUT2D eigenvalue weighted by atomic mass is 10.1. The highest BCUT2D eigenvalue weighted by Gasteiger charge is 2.15. The Labute approximate surface area is 102 Å². The zero-order chi connectivity index (χ0) is 12.5. The summed E-state index contributed by atoms with van der Waals surface area (Å²) in [5.41, 5.74) is 0. The van der Waals surface area contributed by atoms with Crippen molar-refractivity contribution in [2.75, 3.05) is 0 Å². The minimum atomic E-state index is -3.40. The van der Waals surface area contributed by atoms with Crippen LogP contribution < -0.4 is 4.72 Å². The van der Waals surface area contributed by atoms with Crippen LogP contribution in [0.15, 0.2) is 47.4 Å². The molecule has 2 aromatic rings. The lowest BCUT2D eigenvalue weighted by Crippen LogP contribution is -2.30. The standard InChI is InChI=1S/C13H15NO2S/c1-10(2)14-17(15,16)13-8-7-11-5-3-4-6-12(11)9-13/h3-10,14H,1-2H3. The lowest BCUT2D eigenvalue weighted by Gasteiger charge is -2.10. The van der Waals surface area contributed by atoms with Crippen LogP contribution in [0.3, 0.4) is 0 Å². The molecular weight excluding hydrogens is 234 g/mol. The highest BCUT2D eigenvalue weighted by molar-refractivity contribution is 7.89. The van der Waals surface area contributed by atoms with E-state index < -0.39 is 10.0 Å². The van der Waals surface area contributed by atoms with Crippen LogP contribution in [0.25, 0.3) is 10.8 Å². The lowest BCUT2D eigenvalue weighted by molar-refractivity contribution is 0.570. The third-order valence-corrected chi connectivity index (χ3v) is 4.08. The van der Waals surface area contributed by atoms with Crippen molar-refractivity contribution in [3.8, 4) is 0 Å². The molecule has 0 saturated heterocycles. The molecule has 0 unspecified atom stereocenters. The van der Waals surface area contributed by atoms with Crippen molar-refractivity contribution < 1.29 is 8.42 Å². The molecule has 0 aliphatic rings. The topological polar surface area (TPSA) is 46.2 Å². The molecule has 2 aromatic carbocycles. The maximum absolute atomic E-state index is 12.0. The van der Waals surface area contributed by atoms with Gasteiger partial charge in [0.05, 0.1) is 4.90 Å². The molecule has 0 aliphatic heterocycles. The molecule has 3 nitrogen and oxygen atoms in total. The second-order valence-electron chi connectivity index (χ2n) is 4.28. The van der Waals surface area contributed by atoms with E-state index in [9.17, 15) is 8.42 Å². The molecule has 0 fully saturated rings. The van der Waals surface area contributed by atoms with Crippen LogP contribution in [0.2, 0.25) is 0 Å². The van der Waals surface area contributed by atoms with Gasteiger partial charge in [-0.15, -0.1) is 0 Å². The Morgan fingerprint density at radius 2 is 1.65 bits per heavy atom. The molecule has 0 aliphatic carbocycles. The van der Waals surface area contributed by atoms with Crippen LogP contribution in [0.1, 0.15) is 13.8 Å². The number of hydrogen-bond acceptors (Lipinski definition) is 2. The molecule has 0 saturated carbocycles. The predicted octanol–water partition coefficient (Wildman–Crippen LogP) is 2.53. The van der Waals surface area contributed by atoms with Crippen LogP contribution in [0.4, 0.5) is 0 Å². The minimum Gasteiger partial charge on any atom is -0.209 e. The molecule has 0 aromatic heterocycles. The SMILES string of the molecule is CC(C)NS(=O)(=O)c1ccc2ccccc2c1. The summed E-state index contributed by atoms with van der Waals surface area (Å²) < 4.78 is 26.5. The first kappa shape index (κ1) is 12.1. The Morgan fingerprint density at radius 3 is 2.29 bits per heavy atom. The molecule has 0 atom stereocenters. The van der Waals surface area contributed by atoms with E-state index >= 15 is 0 Å². The number of hydrogen-bond donors (Lipinski definition) is 1. The molecule has 0 bridgehead atoms. The molecule has 0 heterocycles. The van der Waals surface area contributed by atoms with Gasteiger partial charge in [0.15, 0.2) is 0 Å². The molecule has 1 N–H and O–H groups in total. The van der Waals surface area contributed by atoms with Crippen molar-refractivity contribution in [1.29, 1.82) is 0 Å². The van der Waals surface area contributed by atoms with Gasteiger partial charge in [0.1, 0.15) is 0 Å². The number of fused-ring (bicyclic) bond motifs is 1. The van der Waals surface area contributed by atoms with Gasteiger partial charge in [-0.05, 0) is 36.8 Å². The molecule has 90 valence electrons. The summed E-state index contributed by atoms with van der Waals surface area (Å²) in [6.45, 7) is 3.61. The fourth-order valence-corrected chi connectivity index (χ4v) is 3.00. The fraction of sp³-hybridized carbons (Fsp3) is 0.231. The Bertz CT molecular complexity index is 633. The van der Waals surface area contributed by atoms with Gasteiger partial charge in [0.25, 0.3) is 0 Å². The zero-order valence-corrected chi connectivity index (χ0v) is 10.7. The van der Waals surface area contributed by atoms with Crippen molar-refractivity contribution in [2.24, 2.45) is 0 Å². The first-order valence-corrected chi connectivity index (χ1v) is 6.98. The molecule has 0 radical (unpaired) electrons. The monoisotopic (exact) mass is 249 g/mol. The third-order valence-electron chi connectivity index (χ3n) is 2.42. The van der Waals surface area contributed by atoms with Gasteiger partial charge in [-0.3, -0.25) is 0 Å². The van der Waals surface area contributed by atoms with E-state index in [0.717, 1.165) is 10.8 Å². The quantitative estimate of drug-likeness (QED) is 0.908. The third kappa shape index (κ3) is 2.65. The minimum absolute atomic E-state index is 0.105. The first-order valence-electron chi connectivity index (χ1n) is 5.50. The molecular formula is C13H15NO2S. The van der Waals surface area contributed by atoms with Gasteiger partial charge in [-0.1, -0.05) is 30.3 Å². The summed E-state index contributed by atoms with van der Waals surface area (Å²) in [7, 11) is -3.40. The van der Waals surface area contributed by atoms with E-state index in [1.54, 1.807) is 26.0 Å². The summed E-state index contributed by atoms with van der Waals surface area (Å²) >= 11 is 0. The zero-order valence-electron chi connectivity index (χ0n) is 9.84. The maximum Gasteiger partial charge on any atom is 0.240 e. The van der Waals surface area contributed by atoms with Crippen LogP contribution in [-0.4, -0.2) is 14.5 Å². The van der Waals surface area contributed by atoms with Crippen molar-refractivity contribution in [2.45, 2.75) is 24.8 Å². The van der Waals surface area contributed by atoms with Crippen LogP contribution >= 0.6 is 0 Å². The van der Waals surface area contributed by atoms with Crippen LogP contribution in [-0.2, 0) is 10.0 Å². The van der Waals surface area contributed by atoms with Crippen molar-refractivity contribution in [3.63, 3.8) is 0 Å². The van der Waals surface area contributed by atoms with E-state index in [-0.39, 0.29) is 6.04 Å². The Morgan fingerprint density at radius 1 is 1.00 bits per heavy atom. The number of sulfonamides is 1. The van der Waals surface area contributed by atoms with Crippen molar-refractivity contribution >= 4 is 20.8 Å². The van der Waals surface area contributed by atoms with Gasteiger partial charge in [0, 0.05) is 6.04 Å². The molecule has 4 heteroatoms. The predicted molar refractivity (Wildman–Crippen MR) is 69.4 cm³/mol. The first-order chi connectivity index (χ1) is 7.99. The number of nitrogens with one attached hydrogen (secondary N) is 1. The fourth-order valence-electron chi connectivity index (χ4n) is 1.71. The molecule has 17 heavy (non-hydrogen) atoms. The van der Waals surface area contributed by atoms with Crippen LogP contribution in [0.5, 0.6) is 0 Å². The van der Waals surface area contributed by atoms with Crippen molar-refractivity contribution in [1.82, 2.24) is 4.72 Å². The highest BCUT2D eigenvalue weighted by atomic mass is 32.2. The second kappa shape index (κ2) is 4.47. The molecule has 2 rings (SSSR count). The summed E-state index contributed by atoms with van der Waals surface area (Å²) in [4.78, 5) is 0.310. The van der Waals surface area contributed by atoms with Gasteiger partial charge in [0.2, 0.25) is 10.0 Å². The maximum atomic E-state index is 12.0. The Balaban J connectivity index is 2.50. The van der Waals surface area contributed by atoms with E-state index in [4.69, 9.17) is 0 Å². The number of rotatable bonds is 3. The van der Waals surface area contributed by atoms with E-state index in [1.165, 1.54) is 0 Å². The highest BCUT2D eigenvalue weighted by Crippen LogP contribution is 2.18. The second-order valence-corrected chi connectivity index (χ2v) is 6.00. The molecule has 0 spiro atoms. The van der Waals surface area contributed by atoms with Gasteiger partial charge in [-0.2, -0.15) is 0 Å². The average Bonchev–Trinajstić information content (AvgIpc) is 2.26. The Hall–Kier alpha value is -1.39. The van der Waals surface area contributed by atoms with Crippen LogP contribution in [0, 0.1) is 0 Å². The molecule has 0 amide bonds. The van der Waals surface area contributed by atoms with Gasteiger partial charge >= 0.3 is 0 Å².